The van der Waals surface area contributed by atoms with Crippen molar-refractivity contribution in [2.75, 3.05) is 6.61 Å². The molecular formula is C24H33NO5. The maximum atomic E-state index is 12.9. The number of ketones is 2. The van der Waals surface area contributed by atoms with E-state index in [1.165, 1.54) is 17.7 Å². The molecule has 6 heteroatoms. The zero-order valence-electron chi connectivity index (χ0n) is 18.3. The molecule has 0 aromatic heterocycles. The Morgan fingerprint density at radius 3 is 2.57 bits per heavy atom. The average molecular weight is 416 g/mol. The van der Waals surface area contributed by atoms with Gasteiger partial charge in [-0.15, -0.1) is 0 Å². The Kier molecular flexibility index (Phi) is 6.10. The van der Waals surface area contributed by atoms with Crippen LogP contribution in [0.5, 0.6) is 0 Å². The average Bonchev–Trinajstić information content (AvgIpc) is 2.68. The lowest BCUT2D eigenvalue weighted by molar-refractivity contribution is -0.140. The third-order valence-electron chi connectivity index (χ3n) is 8.14. The van der Waals surface area contributed by atoms with Gasteiger partial charge in [-0.2, -0.15) is 0 Å². The van der Waals surface area contributed by atoms with Crippen LogP contribution in [-0.2, 0) is 14.4 Å². The SMILES string of the molecule is CC1=CCCC2C1(C)CCC(C)[C@@]2(C)CC1=CC(=O)C(NC(CO)C(=O)O)=CC1=O. The largest absolute Gasteiger partial charge is 0.480 e. The lowest BCUT2D eigenvalue weighted by Gasteiger charge is -2.58. The summed E-state index contributed by atoms with van der Waals surface area (Å²) in [6, 6.07) is -1.32. The highest BCUT2D eigenvalue weighted by molar-refractivity contribution is 6.19. The fraction of sp³-hybridized carbons (Fsp3) is 0.625. The number of allylic oxidation sites excluding steroid dienone is 5. The second kappa shape index (κ2) is 8.14. The molecule has 0 saturated heterocycles. The molecular weight excluding hydrogens is 382 g/mol. The number of nitrogens with one attached hydrogen (secondary N) is 1. The molecule has 0 aliphatic heterocycles. The normalized spacial score (nSPS) is 35.0. The van der Waals surface area contributed by atoms with Crippen molar-refractivity contribution in [2.45, 2.75) is 65.8 Å². The number of aliphatic hydroxyl groups excluding tert-OH is 1. The molecule has 1 fully saturated rings. The minimum atomic E-state index is -1.32. The van der Waals surface area contributed by atoms with E-state index in [1.54, 1.807) is 0 Å². The number of hydrogen-bond acceptors (Lipinski definition) is 5. The minimum absolute atomic E-state index is 0.0756. The number of carbonyl (C=O) groups excluding carboxylic acids is 2. The van der Waals surface area contributed by atoms with Crippen LogP contribution in [0.3, 0.4) is 0 Å². The molecule has 5 atom stereocenters. The molecule has 1 saturated carbocycles. The van der Waals surface area contributed by atoms with Crippen LogP contribution in [0.15, 0.2) is 35.1 Å². The van der Waals surface area contributed by atoms with Crippen molar-refractivity contribution in [1.29, 1.82) is 0 Å². The zero-order valence-corrected chi connectivity index (χ0v) is 18.3. The molecule has 30 heavy (non-hydrogen) atoms. The summed E-state index contributed by atoms with van der Waals surface area (Å²) in [7, 11) is 0. The highest BCUT2D eigenvalue weighted by Gasteiger charge is 2.53. The van der Waals surface area contributed by atoms with Crippen molar-refractivity contribution >= 4 is 17.5 Å². The Morgan fingerprint density at radius 2 is 1.93 bits per heavy atom. The first-order valence-electron chi connectivity index (χ1n) is 10.8. The molecule has 0 amide bonds. The molecule has 3 aliphatic carbocycles. The lowest BCUT2D eigenvalue weighted by atomic mass is 9.46. The summed E-state index contributed by atoms with van der Waals surface area (Å²) >= 11 is 0. The van der Waals surface area contributed by atoms with Crippen LogP contribution in [0.1, 0.15) is 59.8 Å². The summed E-state index contributed by atoms with van der Waals surface area (Å²) in [6.07, 6.45) is 9.80. The van der Waals surface area contributed by atoms with Gasteiger partial charge in [0.25, 0.3) is 0 Å². The molecule has 0 spiro atoms. The molecule has 3 aliphatic rings. The highest BCUT2D eigenvalue weighted by atomic mass is 16.4. The smallest absolute Gasteiger partial charge is 0.328 e. The third-order valence-corrected chi connectivity index (χ3v) is 8.14. The first-order chi connectivity index (χ1) is 14.0. The van der Waals surface area contributed by atoms with E-state index in [1.807, 2.05) is 0 Å². The number of aliphatic carboxylic acids is 1. The Balaban J connectivity index is 1.84. The first kappa shape index (κ1) is 22.5. The topological polar surface area (TPSA) is 104 Å². The van der Waals surface area contributed by atoms with Crippen molar-refractivity contribution < 1.29 is 24.6 Å². The monoisotopic (exact) mass is 415 g/mol. The molecule has 3 rings (SSSR count). The lowest BCUT2D eigenvalue weighted by Crippen LogP contribution is -2.50. The number of carboxylic acids is 1. The van der Waals surface area contributed by atoms with Crippen LogP contribution in [0, 0.1) is 22.7 Å². The van der Waals surface area contributed by atoms with Gasteiger partial charge >= 0.3 is 5.97 Å². The molecule has 0 bridgehead atoms. The molecule has 3 N–H and O–H groups in total. The number of carbonyl (C=O) groups is 3. The minimum Gasteiger partial charge on any atom is -0.480 e. The van der Waals surface area contributed by atoms with E-state index in [0.717, 1.165) is 25.7 Å². The predicted octanol–water partition coefficient (Wildman–Crippen LogP) is 3.17. The third kappa shape index (κ3) is 3.78. The van der Waals surface area contributed by atoms with Crippen molar-refractivity contribution in [2.24, 2.45) is 22.7 Å². The van der Waals surface area contributed by atoms with Crippen molar-refractivity contribution in [1.82, 2.24) is 5.32 Å². The van der Waals surface area contributed by atoms with E-state index in [4.69, 9.17) is 5.11 Å². The van der Waals surface area contributed by atoms with E-state index in [-0.39, 0.29) is 22.3 Å². The fourth-order valence-electron chi connectivity index (χ4n) is 5.85. The zero-order chi connectivity index (χ0) is 22.3. The summed E-state index contributed by atoms with van der Waals surface area (Å²) < 4.78 is 0. The Hall–Kier alpha value is -2.21. The maximum Gasteiger partial charge on any atom is 0.328 e. The van der Waals surface area contributed by atoms with Crippen LogP contribution < -0.4 is 5.32 Å². The van der Waals surface area contributed by atoms with Gasteiger partial charge in [-0.3, -0.25) is 9.59 Å². The van der Waals surface area contributed by atoms with Crippen LogP contribution in [-0.4, -0.2) is 40.4 Å². The van der Waals surface area contributed by atoms with Crippen LogP contribution in [0.4, 0.5) is 0 Å². The van der Waals surface area contributed by atoms with Crippen molar-refractivity contribution in [3.63, 3.8) is 0 Å². The Labute approximate surface area is 178 Å². The van der Waals surface area contributed by atoms with Crippen molar-refractivity contribution in [3.8, 4) is 0 Å². The molecule has 0 radical (unpaired) electrons. The van der Waals surface area contributed by atoms with E-state index in [0.29, 0.717) is 23.8 Å². The molecule has 6 nitrogen and oxygen atoms in total. The summed E-state index contributed by atoms with van der Waals surface area (Å²) in [6.45, 7) is 8.41. The Bertz CT molecular complexity index is 854. The van der Waals surface area contributed by atoms with Gasteiger partial charge in [0.05, 0.1) is 12.3 Å². The predicted molar refractivity (Wildman–Crippen MR) is 114 cm³/mol. The second-order valence-electron chi connectivity index (χ2n) is 9.73. The van der Waals surface area contributed by atoms with E-state index in [9.17, 15) is 19.5 Å². The summed E-state index contributed by atoms with van der Waals surface area (Å²) in [5, 5.41) is 20.7. The Morgan fingerprint density at radius 1 is 1.23 bits per heavy atom. The van der Waals surface area contributed by atoms with Gasteiger partial charge in [-0.05, 0) is 67.8 Å². The molecule has 0 heterocycles. The van der Waals surface area contributed by atoms with Gasteiger partial charge in [0.2, 0.25) is 5.78 Å². The molecule has 0 aromatic rings. The van der Waals surface area contributed by atoms with Crippen LogP contribution >= 0.6 is 0 Å². The van der Waals surface area contributed by atoms with E-state index >= 15 is 0 Å². The van der Waals surface area contributed by atoms with Gasteiger partial charge in [0.1, 0.15) is 6.04 Å². The van der Waals surface area contributed by atoms with E-state index < -0.39 is 24.4 Å². The quantitative estimate of drug-likeness (QED) is 0.455. The van der Waals surface area contributed by atoms with Gasteiger partial charge in [-0.1, -0.05) is 32.4 Å². The number of carboxylic acid groups (broad SMARTS) is 1. The van der Waals surface area contributed by atoms with Gasteiger partial charge in [0.15, 0.2) is 5.78 Å². The number of rotatable bonds is 6. The molecule has 4 unspecified atom stereocenters. The molecule has 164 valence electrons. The number of hydrogen-bond donors (Lipinski definition) is 3. The van der Waals surface area contributed by atoms with E-state index in [2.05, 4.69) is 39.1 Å². The van der Waals surface area contributed by atoms with Gasteiger partial charge in [0, 0.05) is 11.6 Å². The number of fused-ring (bicyclic) bond motifs is 1. The van der Waals surface area contributed by atoms with Crippen LogP contribution in [0.2, 0.25) is 0 Å². The highest BCUT2D eigenvalue weighted by Crippen LogP contribution is 2.62. The maximum absolute atomic E-state index is 12.9. The summed E-state index contributed by atoms with van der Waals surface area (Å²) in [5.74, 6) is -1.09. The second-order valence-corrected chi connectivity index (χ2v) is 9.73. The fourth-order valence-corrected chi connectivity index (χ4v) is 5.85. The van der Waals surface area contributed by atoms with Crippen LogP contribution in [0.25, 0.3) is 0 Å². The summed E-state index contributed by atoms with van der Waals surface area (Å²) in [4.78, 5) is 36.6. The van der Waals surface area contributed by atoms with Gasteiger partial charge in [-0.25, -0.2) is 4.79 Å². The molecule has 0 aromatic carbocycles. The first-order valence-corrected chi connectivity index (χ1v) is 10.8. The van der Waals surface area contributed by atoms with Gasteiger partial charge < -0.3 is 15.5 Å². The standard InChI is InChI=1S/C24H33NO5/c1-14-6-5-7-21-23(14,3)9-8-15(2)24(21,4)12-16-10-20(28)17(11-19(16)27)25-18(13-26)22(29)30/h6,10-11,15,18,21,25-26H,5,7-9,12-13H2,1-4H3,(H,29,30)/t15?,18?,21?,23?,24-/m1/s1. The number of aliphatic hydroxyl groups is 1. The van der Waals surface area contributed by atoms with Crippen molar-refractivity contribution in [3.05, 3.63) is 35.1 Å². The summed E-state index contributed by atoms with van der Waals surface area (Å²) in [5.41, 5.74) is 1.88.